The van der Waals surface area contributed by atoms with E-state index in [1.54, 1.807) is 0 Å². The second-order valence-electron chi connectivity index (χ2n) is 14.4. The molecule has 12 aromatic rings. The molecule has 0 amide bonds. The molecule has 0 fully saturated rings. The van der Waals surface area contributed by atoms with Crippen molar-refractivity contribution < 1.29 is 8.83 Å². The number of furan rings is 2. The molecule has 12 rings (SSSR count). The molecule has 2 heteroatoms. The van der Waals surface area contributed by atoms with Gasteiger partial charge < -0.3 is 8.83 Å². The first-order chi connectivity index (χ1) is 26.8. The molecule has 0 atom stereocenters. The van der Waals surface area contributed by atoms with Crippen LogP contribution in [0.5, 0.6) is 0 Å². The summed E-state index contributed by atoms with van der Waals surface area (Å²) in [4.78, 5) is 0. The van der Waals surface area contributed by atoms with E-state index in [1.807, 2.05) is 24.3 Å². The Labute approximate surface area is 310 Å². The predicted octanol–water partition coefficient (Wildman–Crippen LogP) is 15.1. The van der Waals surface area contributed by atoms with Crippen LogP contribution in [0.2, 0.25) is 0 Å². The third kappa shape index (κ3) is 4.22. The SMILES string of the molecule is c1ccc2c(c1)oc1c(-c3ccc(-c4ccc5ccc6c(-c7ccc(-c8cccc9c8oc8ccccc89)cc7)ccc7ccc4c5c76)cc3)cccc12. The summed E-state index contributed by atoms with van der Waals surface area (Å²) in [5.74, 6) is 0. The standard InChI is InChI=1S/C52H30O2/c1-3-13-47-41(7-1)45-11-5-9-39(51(45)53-47)33-19-15-31(16-20-33)37-27-23-35-26-30-44-38(28-24-36-25-29-43(37)49(35)50(36)44)32-17-21-34(22-18-32)40-10-6-12-46-42-8-2-4-14-48(42)54-52(40)46/h1-30H. The second kappa shape index (κ2) is 11.2. The summed E-state index contributed by atoms with van der Waals surface area (Å²) in [5.41, 5.74) is 13.1. The maximum absolute atomic E-state index is 6.37. The molecule has 0 aliphatic carbocycles. The Bertz CT molecular complexity index is 3180. The summed E-state index contributed by atoms with van der Waals surface area (Å²) in [6, 6.07) is 65.6. The van der Waals surface area contributed by atoms with Gasteiger partial charge in [0.05, 0.1) is 0 Å². The van der Waals surface area contributed by atoms with Gasteiger partial charge in [0.15, 0.2) is 0 Å². The van der Waals surface area contributed by atoms with E-state index in [1.165, 1.54) is 54.6 Å². The molecule has 10 aromatic carbocycles. The van der Waals surface area contributed by atoms with Crippen molar-refractivity contribution in [1.29, 1.82) is 0 Å². The molecule has 2 heterocycles. The first-order valence-corrected chi connectivity index (χ1v) is 18.5. The van der Waals surface area contributed by atoms with Crippen LogP contribution in [0.1, 0.15) is 0 Å². The minimum atomic E-state index is 0.919. The predicted molar refractivity (Wildman–Crippen MR) is 226 cm³/mol. The molecule has 0 N–H and O–H groups in total. The van der Waals surface area contributed by atoms with E-state index in [4.69, 9.17) is 8.83 Å². The van der Waals surface area contributed by atoms with Gasteiger partial charge in [0.1, 0.15) is 22.3 Å². The quantitative estimate of drug-likeness (QED) is 0.172. The number of rotatable bonds is 4. The molecule has 0 radical (unpaired) electrons. The smallest absolute Gasteiger partial charge is 0.143 e. The zero-order valence-corrected chi connectivity index (χ0v) is 29.1. The first kappa shape index (κ1) is 29.4. The number of fused-ring (bicyclic) bond motifs is 6. The van der Waals surface area contributed by atoms with Gasteiger partial charge in [0.25, 0.3) is 0 Å². The number of benzene rings is 10. The van der Waals surface area contributed by atoms with Crippen LogP contribution in [0.25, 0.3) is 121 Å². The Hall–Kier alpha value is -7.16. The van der Waals surface area contributed by atoms with Gasteiger partial charge in [-0.15, -0.1) is 0 Å². The topological polar surface area (TPSA) is 26.3 Å². The van der Waals surface area contributed by atoms with Gasteiger partial charge in [-0.25, -0.2) is 0 Å². The van der Waals surface area contributed by atoms with Crippen LogP contribution in [0.4, 0.5) is 0 Å². The lowest BCUT2D eigenvalue weighted by atomic mass is 9.87. The van der Waals surface area contributed by atoms with Gasteiger partial charge in [-0.2, -0.15) is 0 Å². The van der Waals surface area contributed by atoms with Crippen molar-refractivity contribution in [1.82, 2.24) is 0 Å². The molecule has 0 aliphatic heterocycles. The van der Waals surface area contributed by atoms with Crippen molar-refractivity contribution in [2.75, 3.05) is 0 Å². The molecule has 0 aliphatic rings. The van der Waals surface area contributed by atoms with Crippen molar-refractivity contribution in [2.24, 2.45) is 0 Å². The first-order valence-electron chi connectivity index (χ1n) is 18.5. The van der Waals surface area contributed by atoms with E-state index in [2.05, 4.69) is 158 Å². The number of hydrogen-bond donors (Lipinski definition) is 0. The average molecular weight is 687 g/mol. The molecule has 2 aromatic heterocycles. The third-order valence-electron chi connectivity index (χ3n) is 11.5. The lowest BCUT2D eigenvalue weighted by Crippen LogP contribution is -1.90. The third-order valence-corrected chi connectivity index (χ3v) is 11.5. The van der Waals surface area contributed by atoms with Crippen LogP contribution in [-0.4, -0.2) is 0 Å². The van der Waals surface area contributed by atoms with Crippen LogP contribution >= 0.6 is 0 Å². The van der Waals surface area contributed by atoms with Crippen LogP contribution in [0, 0.1) is 0 Å². The Balaban J connectivity index is 0.949. The van der Waals surface area contributed by atoms with Crippen molar-refractivity contribution in [3.05, 3.63) is 182 Å². The lowest BCUT2D eigenvalue weighted by molar-refractivity contribution is 0.669. The molecule has 2 nitrogen and oxygen atoms in total. The molecule has 250 valence electrons. The largest absolute Gasteiger partial charge is 0.455 e. The van der Waals surface area contributed by atoms with E-state index in [-0.39, 0.29) is 0 Å². The summed E-state index contributed by atoms with van der Waals surface area (Å²) in [5, 5.41) is 12.3. The van der Waals surface area contributed by atoms with E-state index in [0.717, 1.165) is 66.1 Å². The van der Waals surface area contributed by atoms with Gasteiger partial charge in [0.2, 0.25) is 0 Å². The minimum Gasteiger partial charge on any atom is -0.455 e. The summed E-state index contributed by atoms with van der Waals surface area (Å²) in [6.07, 6.45) is 0. The highest BCUT2D eigenvalue weighted by molar-refractivity contribution is 6.27. The fraction of sp³-hybridized carbons (Fsp3) is 0. The Morgan fingerprint density at radius 1 is 0.241 bits per heavy atom. The van der Waals surface area contributed by atoms with Gasteiger partial charge >= 0.3 is 0 Å². The molecule has 0 saturated heterocycles. The number of para-hydroxylation sites is 4. The second-order valence-corrected chi connectivity index (χ2v) is 14.4. The molecule has 54 heavy (non-hydrogen) atoms. The van der Waals surface area contributed by atoms with E-state index >= 15 is 0 Å². The minimum absolute atomic E-state index is 0.919. The normalized spacial score (nSPS) is 12.1. The molecular weight excluding hydrogens is 657 g/mol. The van der Waals surface area contributed by atoms with Crippen LogP contribution in [0.15, 0.2) is 191 Å². The average Bonchev–Trinajstić information content (AvgIpc) is 3.82. The van der Waals surface area contributed by atoms with E-state index in [0.29, 0.717) is 0 Å². The van der Waals surface area contributed by atoms with Crippen molar-refractivity contribution in [3.8, 4) is 44.5 Å². The van der Waals surface area contributed by atoms with Gasteiger partial charge in [-0.05, 0) is 77.8 Å². The maximum Gasteiger partial charge on any atom is 0.143 e. The lowest BCUT2D eigenvalue weighted by Gasteiger charge is -2.17. The highest BCUT2D eigenvalue weighted by Crippen LogP contribution is 2.44. The Kier molecular flexibility index (Phi) is 6.09. The van der Waals surface area contributed by atoms with Crippen molar-refractivity contribution in [3.63, 3.8) is 0 Å². The number of hydrogen-bond acceptors (Lipinski definition) is 2. The maximum atomic E-state index is 6.37. The fourth-order valence-corrected chi connectivity index (χ4v) is 8.91. The summed E-state index contributed by atoms with van der Waals surface area (Å²) in [7, 11) is 0. The highest BCUT2D eigenvalue weighted by atomic mass is 16.3. The van der Waals surface area contributed by atoms with Crippen molar-refractivity contribution >= 4 is 76.2 Å². The molecular formula is C52H30O2. The van der Waals surface area contributed by atoms with Crippen LogP contribution in [-0.2, 0) is 0 Å². The molecule has 0 spiro atoms. The summed E-state index contributed by atoms with van der Waals surface area (Å²) in [6.45, 7) is 0. The van der Waals surface area contributed by atoms with Gasteiger partial charge in [-0.1, -0.05) is 170 Å². The Morgan fingerprint density at radius 2 is 0.611 bits per heavy atom. The summed E-state index contributed by atoms with van der Waals surface area (Å²) >= 11 is 0. The monoisotopic (exact) mass is 686 g/mol. The Morgan fingerprint density at radius 3 is 1.06 bits per heavy atom. The zero-order valence-electron chi connectivity index (χ0n) is 29.1. The highest BCUT2D eigenvalue weighted by Gasteiger charge is 2.17. The fourth-order valence-electron chi connectivity index (χ4n) is 8.91. The van der Waals surface area contributed by atoms with Crippen molar-refractivity contribution in [2.45, 2.75) is 0 Å². The van der Waals surface area contributed by atoms with Crippen LogP contribution in [0.3, 0.4) is 0 Å². The molecule has 0 unspecified atom stereocenters. The van der Waals surface area contributed by atoms with Gasteiger partial charge in [0, 0.05) is 32.7 Å². The van der Waals surface area contributed by atoms with E-state index in [9.17, 15) is 0 Å². The molecule has 0 bridgehead atoms. The summed E-state index contributed by atoms with van der Waals surface area (Å²) < 4.78 is 12.7. The van der Waals surface area contributed by atoms with E-state index < -0.39 is 0 Å². The molecule has 0 saturated carbocycles. The van der Waals surface area contributed by atoms with Crippen LogP contribution < -0.4 is 0 Å². The van der Waals surface area contributed by atoms with Gasteiger partial charge in [-0.3, -0.25) is 0 Å². The zero-order chi connectivity index (χ0) is 35.3.